The van der Waals surface area contributed by atoms with Gasteiger partial charge in [0.2, 0.25) is 0 Å². The van der Waals surface area contributed by atoms with Gasteiger partial charge in [0.05, 0.1) is 0 Å². The Hall–Kier alpha value is -6.90. The maximum Gasteiger partial charge on any atom is 0.0462 e. The maximum absolute atomic E-state index is 2.31. The highest BCUT2D eigenvalue weighted by Crippen LogP contribution is 2.37. The molecular weight excluding hydrogens is 677 g/mol. The number of rotatable bonds is 10. The topological polar surface area (TPSA) is 6.48 Å². The molecule has 0 atom stereocenters. The molecule has 0 amide bonds. The number of hydrogen-bond donors (Lipinski definition) is 0. The van der Waals surface area contributed by atoms with Gasteiger partial charge in [-0.3, -0.25) is 0 Å². The van der Waals surface area contributed by atoms with Crippen LogP contribution in [0.2, 0.25) is 0 Å². The molecule has 0 aliphatic carbocycles. The van der Waals surface area contributed by atoms with Gasteiger partial charge in [-0.25, -0.2) is 0 Å². The van der Waals surface area contributed by atoms with E-state index in [1.54, 1.807) is 0 Å². The molecule has 0 aliphatic heterocycles. The molecule has 0 saturated carbocycles. The maximum atomic E-state index is 2.31. The van der Waals surface area contributed by atoms with Crippen LogP contribution in [0.5, 0.6) is 0 Å². The lowest BCUT2D eigenvalue weighted by Gasteiger charge is -2.26. The number of nitrogens with zero attached hydrogens (tertiary/aromatic N) is 2. The van der Waals surface area contributed by atoms with Gasteiger partial charge in [0.1, 0.15) is 0 Å². The molecule has 0 spiro atoms. The summed E-state index contributed by atoms with van der Waals surface area (Å²) >= 11 is 0. The molecule has 0 fully saturated rings. The fraction of sp³-hybridized carbons (Fsp3) is 0.0741. The van der Waals surface area contributed by atoms with Gasteiger partial charge in [0, 0.05) is 34.1 Å². The third kappa shape index (κ3) is 8.26. The van der Waals surface area contributed by atoms with Crippen LogP contribution < -0.4 is 9.80 Å². The molecule has 0 aromatic heterocycles. The second-order valence-corrected chi connectivity index (χ2v) is 14.7. The molecule has 8 rings (SSSR count). The van der Waals surface area contributed by atoms with Crippen molar-refractivity contribution in [1.82, 2.24) is 0 Å². The first-order valence-corrected chi connectivity index (χ1v) is 19.3. The smallest absolute Gasteiger partial charge is 0.0462 e. The van der Waals surface area contributed by atoms with Crippen LogP contribution in [0, 0.1) is 27.7 Å². The minimum Gasteiger partial charge on any atom is -0.311 e. The van der Waals surface area contributed by atoms with Crippen LogP contribution in [0.25, 0.3) is 34.4 Å². The highest BCUT2D eigenvalue weighted by molar-refractivity contribution is 5.81. The van der Waals surface area contributed by atoms with E-state index in [1.165, 1.54) is 55.6 Å². The average molecular weight is 723 g/mol. The van der Waals surface area contributed by atoms with E-state index in [-0.39, 0.29) is 0 Å². The van der Waals surface area contributed by atoms with Crippen molar-refractivity contribution in [2.24, 2.45) is 0 Å². The van der Waals surface area contributed by atoms with Gasteiger partial charge < -0.3 is 9.80 Å². The summed E-state index contributed by atoms with van der Waals surface area (Å²) in [6.07, 6.45) is 4.37. The fourth-order valence-corrected chi connectivity index (χ4v) is 7.04. The van der Waals surface area contributed by atoms with E-state index in [9.17, 15) is 0 Å². The Balaban J connectivity index is 0.942. The summed E-state index contributed by atoms with van der Waals surface area (Å²) in [5, 5.41) is 0. The first-order chi connectivity index (χ1) is 27.4. The minimum atomic E-state index is 1.13. The molecule has 2 nitrogen and oxygen atoms in total. The second kappa shape index (κ2) is 16.2. The van der Waals surface area contributed by atoms with Crippen LogP contribution in [0.15, 0.2) is 194 Å². The summed E-state index contributed by atoms with van der Waals surface area (Å²) in [6, 6.07) is 70.2. The van der Waals surface area contributed by atoms with Crippen LogP contribution >= 0.6 is 0 Å². The molecule has 0 aliphatic rings. The lowest BCUT2D eigenvalue weighted by Crippen LogP contribution is -2.09. The van der Waals surface area contributed by atoms with Crippen LogP contribution in [0.1, 0.15) is 33.4 Å². The Morgan fingerprint density at radius 2 is 0.411 bits per heavy atom. The molecule has 0 unspecified atom stereocenters. The Morgan fingerprint density at radius 1 is 0.232 bits per heavy atom. The van der Waals surface area contributed by atoms with Gasteiger partial charge in [0.15, 0.2) is 0 Å². The van der Waals surface area contributed by atoms with Crippen molar-refractivity contribution in [2.45, 2.75) is 27.7 Å². The largest absolute Gasteiger partial charge is 0.311 e. The Morgan fingerprint density at radius 3 is 0.625 bits per heavy atom. The summed E-state index contributed by atoms with van der Waals surface area (Å²) in [5.41, 5.74) is 19.0. The van der Waals surface area contributed by atoms with Crippen molar-refractivity contribution in [3.63, 3.8) is 0 Å². The van der Waals surface area contributed by atoms with E-state index in [0.717, 1.165) is 34.1 Å². The highest BCUT2D eigenvalue weighted by Gasteiger charge is 2.14. The molecule has 272 valence electrons. The van der Waals surface area contributed by atoms with Crippen LogP contribution in [-0.2, 0) is 0 Å². The molecule has 8 aromatic carbocycles. The third-order valence-corrected chi connectivity index (χ3v) is 10.4. The Kier molecular flexibility index (Phi) is 10.5. The van der Waals surface area contributed by atoms with E-state index >= 15 is 0 Å². The molecule has 0 N–H and O–H groups in total. The van der Waals surface area contributed by atoms with Gasteiger partial charge in [-0.05, 0) is 134 Å². The van der Waals surface area contributed by atoms with Crippen molar-refractivity contribution in [3.8, 4) is 22.3 Å². The van der Waals surface area contributed by atoms with E-state index in [4.69, 9.17) is 0 Å². The van der Waals surface area contributed by atoms with Gasteiger partial charge >= 0.3 is 0 Å². The monoisotopic (exact) mass is 722 g/mol. The van der Waals surface area contributed by atoms with Crippen LogP contribution in [-0.4, -0.2) is 0 Å². The zero-order valence-electron chi connectivity index (χ0n) is 32.5. The SMILES string of the molecule is Cc1ccc(N(c2ccc(C)cc2)c2ccc(-c3ccc(/C=C/c4ccc(-c5ccc(N(c6ccc(C)cc6)c6ccc(C)cc6)cc5)cc4)cc3)cc2)cc1. The van der Waals surface area contributed by atoms with Crippen LogP contribution in [0.3, 0.4) is 0 Å². The quantitative estimate of drug-likeness (QED) is 0.130. The van der Waals surface area contributed by atoms with E-state index in [0.29, 0.717) is 0 Å². The van der Waals surface area contributed by atoms with Gasteiger partial charge in [-0.2, -0.15) is 0 Å². The van der Waals surface area contributed by atoms with Crippen molar-refractivity contribution >= 4 is 46.3 Å². The van der Waals surface area contributed by atoms with Crippen molar-refractivity contribution in [2.75, 3.05) is 9.80 Å². The van der Waals surface area contributed by atoms with Crippen LogP contribution in [0.4, 0.5) is 34.1 Å². The molecule has 8 aromatic rings. The average Bonchev–Trinajstić information content (AvgIpc) is 3.24. The van der Waals surface area contributed by atoms with Crippen molar-refractivity contribution in [1.29, 1.82) is 0 Å². The van der Waals surface area contributed by atoms with E-state index < -0.39 is 0 Å². The lowest BCUT2D eigenvalue weighted by molar-refractivity contribution is 1.27. The number of hydrogen-bond acceptors (Lipinski definition) is 2. The summed E-state index contributed by atoms with van der Waals surface area (Å²) < 4.78 is 0. The van der Waals surface area contributed by atoms with E-state index in [1.807, 2.05) is 0 Å². The number of aryl methyl sites for hydroxylation is 4. The van der Waals surface area contributed by atoms with Gasteiger partial charge in [0.25, 0.3) is 0 Å². The van der Waals surface area contributed by atoms with Crippen molar-refractivity contribution < 1.29 is 0 Å². The highest BCUT2D eigenvalue weighted by atomic mass is 15.1. The normalized spacial score (nSPS) is 11.1. The summed E-state index contributed by atoms with van der Waals surface area (Å²) in [7, 11) is 0. The first kappa shape index (κ1) is 36.1. The zero-order chi connectivity index (χ0) is 38.4. The standard InChI is InChI=1S/C54H46N2/c1-39-5-27-49(28-6-39)55(50-29-7-40(2)8-30-50)53-35-23-47(24-36-53)45-19-15-43(16-20-45)13-14-44-17-21-46(22-18-44)48-25-37-54(38-26-48)56(51-31-9-41(3)10-32-51)52-33-11-42(4)12-34-52/h5-38H,1-4H3/b14-13+. The Bertz CT molecular complexity index is 2250. The van der Waals surface area contributed by atoms with Gasteiger partial charge in [-0.15, -0.1) is 0 Å². The van der Waals surface area contributed by atoms with E-state index in [2.05, 4.69) is 244 Å². The fourth-order valence-electron chi connectivity index (χ4n) is 7.04. The number of benzene rings is 8. The second-order valence-electron chi connectivity index (χ2n) is 14.7. The molecule has 0 heterocycles. The zero-order valence-corrected chi connectivity index (χ0v) is 32.5. The first-order valence-electron chi connectivity index (χ1n) is 19.3. The molecular formula is C54H46N2. The molecule has 0 bridgehead atoms. The summed E-state index contributed by atoms with van der Waals surface area (Å²) in [6.45, 7) is 8.51. The molecule has 0 radical (unpaired) electrons. The third-order valence-electron chi connectivity index (χ3n) is 10.4. The summed E-state index contributed by atoms with van der Waals surface area (Å²) in [5.74, 6) is 0. The molecule has 56 heavy (non-hydrogen) atoms. The van der Waals surface area contributed by atoms with Gasteiger partial charge in [-0.1, -0.05) is 156 Å². The summed E-state index contributed by atoms with van der Waals surface area (Å²) in [4.78, 5) is 4.62. The predicted molar refractivity (Wildman–Crippen MR) is 241 cm³/mol. The lowest BCUT2D eigenvalue weighted by atomic mass is 10.0. The predicted octanol–water partition coefficient (Wildman–Crippen LogP) is 15.4. The Labute approximate surface area is 332 Å². The number of anilines is 6. The molecule has 2 heteroatoms. The minimum absolute atomic E-state index is 1.13. The molecule has 0 saturated heterocycles. The van der Waals surface area contributed by atoms with Crippen molar-refractivity contribution in [3.05, 3.63) is 228 Å².